The molecular weight excluding hydrogens is 90.1 g/mol. The van der Waals surface area contributed by atoms with Crippen LogP contribution in [-0.4, -0.2) is 10.6 Å². The van der Waals surface area contributed by atoms with Gasteiger partial charge in [-0.2, -0.15) is 0 Å². The summed E-state index contributed by atoms with van der Waals surface area (Å²) in [6, 6.07) is 0. The van der Waals surface area contributed by atoms with E-state index in [9.17, 15) is 0 Å². The van der Waals surface area contributed by atoms with Gasteiger partial charge in [-0.05, 0) is 0 Å². The van der Waals surface area contributed by atoms with Gasteiger partial charge in [0.15, 0.2) is 0 Å². The third-order valence-electron chi connectivity index (χ3n) is 0.0781. The lowest BCUT2D eigenvalue weighted by molar-refractivity contribution is 0.565. The summed E-state index contributed by atoms with van der Waals surface area (Å²) in [5, 5.41) is 0. The highest BCUT2D eigenvalue weighted by Gasteiger charge is 1.55. The van der Waals surface area contributed by atoms with Gasteiger partial charge in [-0.15, -0.1) is 4.40 Å². The highest BCUT2D eigenvalue weighted by molar-refractivity contribution is 7.92. The van der Waals surface area contributed by atoms with Crippen molar-refractivity contribution >= 4 is 18.3 Å². The second-order valence-electron chi connectivity index (χ2n) is 0.264. The molecule has 0 bridgehead atoms. The van der Waals surface area contributed by atoms with Crippen molar-refractivity contribution < 1.29 is 9.35 Å². The van der Waals surface area contributed by atoms with Gasteiger partial charge in [0.05, 0.1) is 0 Å². The van der Waals surface area contributed by atoms with Crippen LogP contribution in [0.25, 0.3) is 0 Å². The first-order chi connectivity index (χ1) is 2.41. The standard InChI is InChI=1S/CHNO2S/c3-1-2-5-4/h4H. The van der Waals surface area contributed by atoms with Gasteiger partial charge in [-0.1, -0.05) is 0 Å². The lowest BCUT2D eigenvalue weighted by Crippen LogP contribution is -1.39. The monoisotopic (exact) mass is 91.0 g/mol. The molecule has 0 aliphatic heterocycles. The number of carbonyl (C=O) groups excluding carboxylic acids is 1. The molecule has 3 nitrogen and oxygen atoms in total. The lowest BCUT2D eigenvalue weighted by atomic mass is 11.7. The molecule has 0 heterocycles. The van der Waals surface area contributed by atoms with E-state index < -0.39 is 0 Å². The van der Waals surface area contributed by atoms with Crippen LogP contribution < -0.4 is 0 Å². The molecule has 0 spiro atoms. The number of rotatable bonds is 1. The van der Waals surface area contributed by atoms with Crippen LogP contribution in [0.2, 0.25) is 0 Å². The first-order valence-corrected chi connectivity index (χ1v) is 1.52. The largest absolute Gasteiger partial charge is 0.310 e. The molecule has 0 unspecified atom stereocenters. The molecule has 0 fully saturated rings. The molecule has 0 aliphatic carbocycles. The van der Waals surface area contributed by atoms with Gasteiger partial charge in [0, 0.05) is 0 Å². The first-order valence-electron chi connectivity index (χ1n) is 0.793. The minimum Gasteiger partial charge on any atom is -0.310 e. The Kier molecular flexibility index (Phi) is 3.46. The second kappa shape index (κ2) is 3.69. The van der Waals surface area contributed by atoms with Crippen LogP contribution in [0.3, 0.4) is 0 Å². The molecule has 0 saturated heterocycles. The zero-order chi connectivity index (χ0) is 4.12. The molecule has 0 amide bonds. The van der Waals surface area contributed by atoms with Crippen molar-refractivity contribution in [3.63, 3.8) is 0 Å². The number of hydrogen-bond acceptors (Lipinski definition) is 4. The van der Waals surface area contributed by atoms with Crippen LogP contribution in [0.5, 0.6) is 0 Å². The maximum atomic E-state index is 8.93. The van der Waals surface area contributed by atoms with Crippen LogP contribution >= 0.6 is 12.2 Å². The summed E-state index contributed by atoms with van der Waals surface area (Å²) in [7, 11) is 0. The Morgan fingerprint density at radius 3 is 2.60 bits per heavy atom. The molecule has 0 aromatic carbocycles. The van der Waals surface area contributed by atoms with E-state index in [1.807, 2.05) is 0 Å². The summed E-state index contributed by atoms with van der Waals surface area (Å²) in [5.41, 5.74) is 0. The van der Waals surface area contributed by atoms with E-state index in [-0.39, 0.29) is 12.2 Å². The maximum absolute atomic E-state index is 8.93. The van der Waals surface area contributed by atoms with Gasteiger partial charge in [0.1, 0.15) is 12.2 Å². The lowest BCUT2D eigenvalue weighted by Gasteiger charge is -1.56. The van der Waals surface area contributed by atoms with Crippen LogP contribution in [-0.2, 0) is 4.79 Å². The number of isocyanates is 1. The molecule has 1 N–H and O–H groups in total. The van der Waals surface area contributed by atoms with Crippen molar-refractivity contribution in [3.05, 3.63) is 0 Å². The summed E-state index contributed by atoms with van der Waals surface area (Å²) in [4.78, 5) is 8.93. The molecule has 0 radical (unpaired) electrons. The van der Waals surface area contributed by atoms with Crippen molar-refractivity contribution in [2.75, 3.05) is 0 Å². The van der Waals surface area contributed by atoms with Gasteiger partial charge >= 0.3 is 0 Å². The topological polar surface area (TPSA) is 49.7 Å². The summed E-state index contributed by atoms with van der Waals surface area (Å²) < 4.78 is 10.2. The summed E-state index contributed by atoms with van der Waals surface area (Å²) in [6.45, 7) is 0. The zero-order valence-corrected chi connectivity index (χ0v) is 3.03. The predicted molar refractivity (Wildman–Crippen MR) is 18.3 cm³/mol. The fraction of sp³-hybridized carbons (Fsp3) is 0. The third-order valence-corrected chi connectivity index (χ3v) is 0.234. The van der Waals surface area contributed by atoms with Gasteiger partial charge in [0.2, 0.25) is 6.08 Å². The fourth-order valence-electron chi connectivity index (χ4n) is 0.0167. The molecule has 0 aliphatic rings. The van der Waals surface area contributed by atoms with E-state index in [0.717, 1.165) is 6.08 Å². The van der Waals surface area contributed by atoms with Crippen molar-refractivity contribution in [3.8, 4) is 0 Å². The molecule has 0 rings (SSSR count). The average Bonchev–Trinajstić information content (AvgIpc) is 1.41. The van der Waals surface area contributed by atoms with Crippen molar-refractivity contribution in [1.29, 1.82) is 0 Å². The quantitative estimate of drug-likeness (QED) is 0.220. The molecule has 0 saturated carbocycles. The Labute approximate surface area is 33.1 Å². The number of hydrogen-bond donors (Lipinski definition) is 1. The van der Waals surface area contributed by atoms with E-state index in [0.29, 0.717) is 0 Å². The summed E-state index contributed by atoms with van der Waals surface area (Å²) >= 11 is 0.103. The number of nitrogens with zero attached hydrogens (tertiary/aromatic N) is 1. The van der Waals surface area contributed by atoms with E-state index >= 15 is 0 Å². The second-order valence-corrected chi connectivity index (χ2v) is 0.610. The highest BCUT2D eigenvalue weighted by atomic mass is 32.2. The Balaban J connectivity index is 2.93. The molecule has 5 heavy (non-hydrogen) atoms. The van der Waals surface area contributed by atoms with Crippen molar-refractivity contribution in [1.82, 2.24) is 0 Å². The van der Waals surface area contributed by atoms with Crippen LogP contribution in [0.4, 0.5) is 0 Å². The third kappa shape index (κ3) is 3.69. The zero-order valence-electron chi connectivity index (χ0n) is 2.21. The normalized spacial score (nSPS) is 5.80. The fourth-order valence-corrected chi connectivity index (χ4v) is 0.0500. The van der Waals surface area contributed by atoms with E-state index in [4.69, 9.17) is 9.35 Å². The van der Waals surface area contributed by atoms with Crippen LogP contribution in [0.15, 0.2) is 4.40 Å². The minimum atomic E-state index is 0.103. The Bertz CT molecular complexity index is 56.7. The van der Waals surface area contributed by atoms with Gasteiger partial charge in [-0.25, -0.2) is 4.79 Å². The van der Waals surface area contributed by atoms with E-state index in [1.54, 1.807) is 0 Å². The Hall–Kier alpha value is -0.310. The first kappa shape index (κ1) is 4.69. The minimum absolute atomic E-state index is 0.103. The summed E-state index contributed by atoms with van der Waals surface area (Å²) in [6.07, 6.45) is 1.11. The van der Waals surface area contributed by atoms with Crippen LogP contribution in [0, 0.1) is 0 Å². The maximum Gasteiger partial charge on any atom is 0.249 e. The van der Waals surface area contributed by atoms with Crippen molar-refractivity contribution in [2.45, 2.75) is 0 Å². The SMILES string of the molecule is O=C=NSO. The molecule has 28 valence electrons. The van der Waals surface area contributed by atoms with E-state index in [2.05, 4.69) is 4.40 Å². The Morgan fingerprint density at radius 2 is 2.60 bits per heavy atom. The average molecular weight is 91.1 g/mol. The van der Waals surface area contributed by atoms with Crippen molar-refractivity contribution in [2.24, 2.45) is 4.40 Å². The van der Waals surface area contributed by atoms with Gasteiger partial charge < -0.3 is 4.55 Å². The van der Waals surface area contributed by atoms with Crippen LogP contribution in [0.1, 0.15) is 0 Å². The molecular formula is CHNO2S. The predicted octanol–water partition coefficient (Wildman–Crippen LogP) is 0.443. The molecule has 0 aromatic heterocycles. The molecule has 0 atom stereocenters. The summed E-state index contributed by atoms with van der Waals surface area (Å²) in [5.74, 6) is 0. The smallest absolute Gasteiger partial charge is 0.249 e. The van der Waals surface area contributed by atoms with Gasteiger partial charge in [-0.3, -0.25) is 0 Å². The van der Waals surface area contributed by atoms with Gasteiger partial charge in [0.25, 0.3) is 0 Å². The molecule has 0 aromatic rings. The molecule has 4 heteroatoms. The highest BCUT2D eigenvalue weighted by Crippen LogP contribution is 1.84. The Morgan fingerprint density at radius 1 is 2.00 bits per heavy atom. The van der Waals surface area contributed by atoms with E-state index in [1.165, 1.54) is 0 Å².